The van der Waals surface area contributed by atoms with Crippen molar-refractivity contribution in [3.05, 3.63) is 31.9 Å². The molecule has 1 rings (SSSR count). The maximum Gasteiger partial charge on any atom is 0.369 e. The van der Waals surface area contributed by atoms with Crippen LogP contribution in [0.4, 0.5) is 14.6 Å². The van der Waals surface area contributed by atoms with Crippen molar-refractivity contribution < 1.29 is 13.7 Å². The van der Waals surface area contributed by atoms with Gasteiger partial charge in [0.2, 0.25) is 4.60 Å². The van der Waals surface area contributed by atoms with Crippen LogP contribution >= 0.6 is 27.5 Å². The van der Waals surface area contributed by atoms with E-state index < -0.39 is 22.7 Å². The first-order valence-corrected chi connectivity index (χ1v) is 4.98. The molecule has 0 aliphatic carbocycles. The first-order chi connectivity index (χ1) is 6.97. The smallest absolute Gasteiger partial charge is 0.358 e. The highest BCUT2D eigenvalue weighted by molar-refractivity contribution is 9.10. The number of halogens is 4. The second-order valence-electron chi connectivity index (χ2n) is 2.53. The summed E-state index contributed by atoms with van der Waals surface area (Å²) in [6.45, 7) is 0. The lowest BCUT2D eigenvalue weighted by Gasteiger charge is -2.05. The zero-order chi connectivity index (χ0) is 11.6. The molecule has 0 saturated heterocycles. The molecular weight excluding hydrogens is 297 g/mol. The summed E-state index contributed by atoms with van der Waals surface area (Å²) in [7, 11) is 0. The van der Waals surface area contributed by atoms with Gasteiger partial charge in [0.15, 0.2) is 0 Å². The second kappa shape index (κ2) is 4.80. The lowest BCUT2D eigenvalue weighted by molar-refractivity contribution is -0.390. The number of nitro groups is 1. The lowest BCUT2D eigenvalue weighted by atomic mass is 10.1. The van der Waals surface area contributed by atoms with Gasteiger partial charge in [-0.15, -0.1) is 11.6 Å². The zero-order valence-electron chi connectivity index (χ0n) is 7.08. The normalized spacial score (nSPS) is 10.7. The molecule has 0 spiro atoms. The standard InChI is InChI=1S/C7H4BrClF2N2O2/c8-5-1-3(6(10)11)4(2-9)7(12-5)13(14)15/h1,6H,2H2. The fourth-order valence-electron chi connectivity index (χ4n) is 1.03. The summed E-state index contributed by atoms with van der Waals surface area (Å²) in [5.41, 5.74) is -0.724. The summed E-state index contributed by atoms with van der Waals surface area (Å²) in [6.07, 6.45) is -2.82. The predicted octanol–water partition coefficient (Wildman–Crippen LogP) is 3.43. The third-order valence-corrected chi connectivity index (χ3v) is 2.32. The minimum Gasteiger partial charge on any atom is -0.358 e. The molecule has 1 aromatic rings. The highest BCUT2D eigenvalue weighted by Gasteiger charge is 2.25. The maximum absolute atomic E-state index is 12.5. The summed E-state index contributed by atoms with van der Waals surface area (Å²) in [6, 6.07) is 1.02. The van der Waals surface area contributed by atoms with Crippen LogP contribution in [0.1, 0.15) is 17.6 Å². The third-order valence-electron chi connectivity index (χ3n) is 1.65. The largest absolute Gasteiger partial charge is 0.369 e. The van der Waals surface area contributed by atoms with E-state index >= 15 is 0 Å². The molecule has 1 heterocycles. The van der Waals surface area contributed by atoms with Crippen LogP contribution in [0.3, 0.4) is 0 Å². The number of pyridine rings is 1. The highest BCUT2D eigenvalue weighted by atomic mass is 79.9. The van der Waals surface area contributed by atoms with Crippen LogP contribution in [0.15, 0.2) is 10.7 Å². The molecule has 0 fully saturated rings. The highest BCUT2D eigenvalue weighted by Crippen LogP contribution is 2.31. The van der Waals surface area contributed by atoms with Gasteiger partial charge < -0.3 is 10.1 Å². The van der Waals surface area contributed by atoms with Crippen molar-refractivity contribution in [2.24, 2.45) is 0 Å². The van der Waals surface area contributed by atoms with E-state index in [9.17, 15) is 18.9 Å². The number of aromatic nitrogens is 1. The summed E-state index contributed by atoms with van der Waals surface area (Å²) in [5.74, 6) is -1.02. The Hall–Kier alpha value is -0.820. The Kier molecular flexibility index (Phi) is 3.92. The Bertz CT molecular complexity index is 403. The molecule has 0 unspecified atom stereocenters. The van der Waals surface area contributed by atoms with Crippen molar-refractivity contribution in [3.63, 3.8) is 0 Å². The molecule has 0 N–H and O–H groups in total. The summed E-state index contributed by atoms with van der Waals surface area (Å²) in [4.78, 5) is 13.2. The summed E-state index contributed by atoms with van der Waals surface area (Å²) >= 11 is 8.21. The number of rotatable bonds is 3. The van der Waals surface area contributed by atoms with Gasteiger partial charge >= 0.3 is 5.82 Å². The Morgan fingerprint density at radius 3 is 2.67 bits per heavy atom. The van der Waals surface area contributed by atoms with E-state index in [0.29, 0.717) is 0 Å². The van der Waals surface area contributed by atoms with E-state index in [4.69, 9.17) is 11.6 Å². The molecular formula is C7H4BrClF2N2O2. The maximum atomic E-state index is 12.5. The van der Waals surface area contributed by atoms with Crippen molar-refractivity contribution in [2.45, 2.75) is 12.3 Å². The van der Waals surface area contributed by atoms with E-state index in [-0.39, 0.29) is 16.0 Å². The average molecular weight is 301 g/mol. The molecule has 4 nitrogen and oxygen atoms in total. The average Bonchev–Trinajstić information content (AvgIpc) is 2.16. The van der Waals surface area contributed by atoms with E-state index in [1.165, 1.54) is 0 Å². The van der Waals surface area contributed by atoms with Gasteiger partial charge in [0.25, 0.3) is 6.43 Å². The van der Waals surface area contributed by atoms with Gasteiger partial charge in [-0.1, -0.05) is 0 Å². The summed E-state index contributed by atoms with van der Waals surface area (Å²) < 4.78 is 25.0. The van der Waals surface area contributed by atoms with E-state index in [2.05, 4.69) is 20.9 Å². The topological polar surface area (TPSA) is 56.0 Å². The SMILES string of the molecule is O=[N+]([O-])c1nc(Br)cc(C(F)F)c1CCl. The van der Waals surface area contributed by atoms with Gasteiger partial charge in [0.05, 0.1) is 11.4 Å². The van der Waals surface area contributed by atoms with Crippen LogP contribution in [-0.2, 0) is 5.88 Å². The first kappa shape index (κ1) is 12.3. The number of alkyl halides is 3. The quantitative estimate of drug-likeness (QED) is 0.372. The van der Waals surface area contributed by atoms with Gasteiger partial charge in [-0.3, -0.25) is 0 Å². The zero-order valence-corrected chi connectivity index (χ0v) is 9.43. The predicted molar refractivity (Wildman–Crippen MR) is 53.1 cm³/mol. The van der Waals surface area contributed by atoms with Crippen molar-refractivity contribution in [2.75, 3.05) is 0 Å². The molecule has 0 atom stereocenters. The Labute approximate surface area is 96.5 Å². The first-order valence-electron chi connectivity index (χ1n) is 3.65. The second-order valence-corrected chi connectivity index (χ2v) is 3.61. The van der Waals surface area contributed by atoms with E-state index in [1.807, 2.05) is 0 Å². The van der Waals surface area contributed by atoms with Crippen LogP contribution in [-0.4, -0.2) is 9.91 Å². The molecule has 15 heavy (non-hydrogen) atoms. The Morgan fingerprint density at radius 2 is 2.27 bits per heavy atom. The van der Waals surface area contributed by atoms with Gasteiger partial charge in [0.1, 0.15) is 0 Å². The van der Waals surface area contributed by atoms with Crippen LogP contribution in [0, 0.1) is 10.1 Å². The van der Waals surface area contributed by atoms with Crippen LogP contribution in [0.5, 0.6) is 0 Å². The van der Waals surface area contributed by atoms with Crippen LogP contribution in [0.2, 0.25) is 0 Å². The molecule has 0 aliphatic rings. The van der Waals surface area contributed by atoms with Crippen molar-refractivity contribution >= 4 is 33.3 Å². The van der Waals surface area contributed by atoms with Crippen LogP contribution < -0.4 is 0 Å². The summed E-state index contributed by atoms with van der Waals surface area (Å²) in [5, 5.41) is 10.5. The molecule has 8 heteroatoms. The fourth-order valence-corrected chi connectivity index (χ4v) is 1.72. The number of hydrogen-bond acceptors (Lipinski definition) is 3. The van der Waals surface area contributed by atoms with Gasteiger partial charge in [0, 0.05) is 27.6 Å². The van der Waals surface area contributed by atoms with Crippen molar-refractivity contribution in [3.8, 4) is 0 Å². The lowest BCUT2D eigenvalue weighted by Crippen LogP contribution is -2.02. The number of hydrogen-bond donors (Lipinski definition) is 0. The minimum absolute atomic E-state index is 0.0154. The molecule has 0 bridgehead atoms. The van der Waals surface area contributed by atoms with Gasteiger partial charge in [-0.05, 0) is 9.91 Å². The van der Waals surface area contributed by atoms with Gasteiger partial charge in [-0.25, -0.2) is 8.78 Å². The monoisotopic (exact) mass is 300 g/mol. The molecule has 0 aliphatic heterocycles. The van der Waals surface area contributed by atoms with Crippen molar-refractivity contribution in [1.29, 1.82) is 0 Å². The Morgan fingerprint density at radius 1 is 1.67 bits per heavy atom. The molecule has 1 aromatic heterocycles. The molecule has 82 valence electrons. The fraction of sp³-hybridized carbons (Fsp3) is 0.286. The third kappa shape index (κ3) is 2.60. The Balaban J connectivity index is 3.45. The molecule has 0 amide bonds. The van der Waals surface area contributed by atoms with E-state index in [0.717, 1.165) is 6.07 Å². The van der Waals surface area contributed by atoms with Gasteiger partial charge in [-0.2, -0.15) is 0 Å². The molecule has 0 radical (unpaired) electrons. The molecule has 0 aromatic carbocycles. The minimum atomic E-state index is -2.82. The van der Waals surface area contributed by atoms with Crippen LogP contribution in [0.25, 0.3) is 0 Å². The van der Waals surface area contributed by atoms with E-state index in [1.54, 1.807) is 0 Å². The number of nitrogens with zero attached hydrogens (tertiary/aromatic N) is 2. The molecule has 0 saturated carbocycles. The van der Waals surface area contributed by atoms with Crippen molar-refractivity contribution in [1.82, 2.24) is 4.98 Å².